The van der Waals surface area contributed by atoms with Crippen LogP contribution in [0.5, 0.6) is 5.75 Å². The molecular formula is C22H24ClN5O2. The second-order valence-electron chi connectivity index (χ2n) is 7.22. The van der Waals surface area contributed by atoms with Gasteiger partial charge in [0, 0.05) is 29.4 Å². The molecule has 30 heavy (non-hydrogen) atoms. The molecule has 0 fully saturated rings. The van der Waals surface area contributed by atoms with Crippen molar-refractivity contribution in [3.63, 3.8) is 0 Å². The Labute approximate surface area is 180 Å². The lowest BCUT2D eigenvalue weighted by Crippen LogP contribution is -2.35. The third-order valence-corrected chi connectivity index (χ3v) is 5.46. The van der Waals surface area contributed by atoms with Crippen molar-refractivity contribution < 1.29 is 9.53 Å². The summed E-state index contributed by atoms with van der Waals surface area (Å²) in [6.07, 6.45) is 4.32. The van der Waals surface area contributed by atoms with Crippen LogP contribution in [0.25, 0.3) is 0 Å². The molecule has 156 valence electrons. The lowest BCUT2D eigenvalue weighted by atomic mass is 10.2. The number of nitrogens with one attached hydrogen (secondary N) is 1. The highest BCUT2D eigenvalue weighted by Crippen LogP contribution is 2.24. The molecule has 0 unspecified atom stereocenters. The van der Waals surface area contributed by atoms with Crippen LogP contribution in [0.3, 0.4) is 0 Å². The van der Waals surface area contributed by atoms with Crippen LogP contribution in [0, 0.1) is 0 Å². The summed E-state index contributed by atoms with van der Waals surface area (Å²) in [7, 11) is 1.62. The molecule has 8 heteroatoms. The minimum atomic E-state index is -0.256. The van der Waals surface area contributed by atoms with Crippen LogP contribution >= 0.6 is 11.6 Å². The van der Waals surface area contributed by atoms with Crippen molar-refractivity contribution in [1.29, 1.82) is 0 Å². The van der Waals surface area contributed by atoms with E-state index >= 15 is 0 Å². The summed E-state index contributed by atoms with van der Waals surface area (Å²) in [6.45, 7) is 1.20. The maximum Gasteiger partial charge on any atom is 0.326 e. The Hall–Kier alpha value is -3.06. The number of halogens is 1. The van der Waals surface area contributed by atoms with Gasteiger partial charge in [-0.2, -0.15) is 0 Å². The molecule has 1 N–H and O–H groups in total. The molecule has 0 aliphatic carbocycles. The largest absolute Gasteiger partial charge is 0.497 e. The number of carbonyl (C=O) groups excluding carboxylic acids is 1. The number of urea groups is 1. The summed E-state index contributed by atoms with van der Waals surface area (Å²) in [6, 6.07) is 14.2. The number of hydrogen-bond donors (Lipinski definition) is 1. The van der Waals surface area contributed by atoms with Crippen molar-refractivity contribution >= 4 is 29.0 Å². The molecule has 1 aliphatic heterocycles. The average molecular weight is 426 g/mol. The van der Waals surface area contributed by atoms with E-state index in [1.807, 2.05) is 24.3 Å². The molecule has 2 amide bonds. The average Bonchev–Trinajstić information content (AvgIpc) is 2.99. The lowest BCUT2D eigenvalue weighted by molar-refractivity contribution is 0.256. The molecule has 4 rings (SSSR count). The molecule has 0 bridgehead atoms. The van der Waals surface area contributed by atoms with E-state index in [-0.39, 0.29) is 6.03 Å². The predicted molar refractivity (Wildman–Crippen MR) is 117 cm³/mol. The molecule has 0 spiro atoms. The third-order valence-electron chi connectivity index (χ3n) is 5.21. The smallest absolute Gasteiger partial charge is 0.326 e. The Balaban J connectivity index is 1.62. The van der Waals surface area contributed by atoms with Crippen molar-refractivity contribution in [2.24, 2.45) is 0 Å². The molecule has 3 aromatic rings. The lowest BCUT2D eigenvalue weighted by Gasteiger charge is -2.23. The van der Waals surface area contributed by atoms with E-state index in [2.05, 4.69) is 20.1 Å². The molecule has 1 aromatic heterocycles. The minimum absolute atomic E-state index is 0.256. The fraction of sp³-hybridized carbons (Fsp3) is 0.318. The second-order valence-corrected chi connectivity index (χ2v) is 7.65. The summed E-state index contributed by atoms with van der Waals surface area (Å²) < 4.78 is 7.40. The number of aromatic nitrogens is 3. The first-order chi connectivity index (χ1) is 14.6. The van der Waals surface area contributed by atoms with E-state index in [0.29, 0.717) is 17.3 Å². The van der Waals surface area contributed by atoms with Crippen LogP contribution in [0.4, 0.5) is 16.2 Å². The zero-order valence-corrected chi connectivity index (χ0v) is 17.6. The summed E-state index contributed by atoms with van der Waals surface area (Å²) in [4.78, 5) is 14.9. The Kier molecular flexibility index (Phi) is 6.18. The normalized spacial score (nSPS) is 13.3. The Morgan fingerprint density at radius 2 is 1.87 bits per heavy atom. The maximum atomic E-state index is 13.2. The highest BCUT2D eigenvalue weighted by molar-refractivity contribution is 6.30. The highest BCUT2D eigenvalue weighted by Gasteiger charge is 2.22. The first kappa shape index (κ1) is 20.2. The van der Waals surface area contributed by atoms with Gasteiger partial charge in [-0.05, 0) is 61.4 Å². The molecule has 0 radical (unpaired) electrons. The fourth-order valence-electron chi connectivity index (χ4n) is 3.57. The summed E-state index contributed by atoms with van der Waals surface area (Å²) in [5.74, 6) is 2.51. The highest BCUT2D eigenvalue weighted by atomic mass is 35.5. The zero-order valence-electron chi connectivity index (χ0n) is 16.8. The minimum Gasteiger partial charge on any atom is -0.497 e. The quantitative estimate of drug-likeness (QED) is 0.630. The van der Waals surface area contributed by atoms with E-state index in [1.54, 1.807) is 36.3 Å². The molecule has 0 atom stereocenters. The van der Waals surface area contributed by atoms with Crippen molar-refractivity contribution in [1.82, 2.24) is 14.8 Å². The van der Waals surface area contributed by atoms with Gasteiger partial charge < -0.3 is 14.6 Å². The van der Waals surface area contributed by atoms with Crippen molar-refractivity contribution in [3.05, 3.63) is 65.2 Å². The number of methoxy groups -OCH3 is 1. The molecule has 0 saturated heterocycles. The van der Waals surface area contributed by atoms with Crippen LogP contribution in [-0.2, 0) is 19.5 Å². The van der Waals surface area contributed by atoms with E-state index in [1.165, 1.54) is 6.42 Å². The molecule has 2 aromatic carbocycles. The van der Waals surface area contributed by atoms with Crippen molar-refractivity contribution in [3.8, 4) is 5.75 Å². The van der Waals surface area contributed by atoms with Gasteiger partial charge in [0.05, 0.1) is 13.7 Å². The summed E-state index contributed by atoms with van der Waals surface area (Å²) in [5, 5.41) is 12.3. The van der Waals surface area contributed by atoms with Gasteiger partial charge >= 0.3 is 6.03 Å². The first-order valence-electron chi connectivity index (χ1n) is 10.0. The number of nitrogens with zero attached hydrogens (tertiary/aromatic N) is 4. The number of carbonyl (C=O) groups is 1. The topological polar surface area (TPSA) is 72.3 Å². The van der Waals surface area contributed by atoms with Gasteiger partial charge in [0.25, 0.3) is 0 Å². The first-order valence-corrected chi connectivity index (χ1v) is 10.4. The van der Waals surface area contributed by atoms with Gasteiger partial charge in [0.1, 0.15) is 11.6 Å². The Morgan fingerprint density at radius 1 is 1.10 bits per heavy atom. The van der Waals surface area contributed by atoms with Gasteiger partial charge in [-0.3, -0.25) is 4.90 Å². The third kappa shape index (κ3) is 4.57. The van der Waals surface area contributed by atoms with Gasteiger partial charge in [-0.1, -0.05) is 18.0 Å². The number of fused-ring (bicyclic) bond motifs is 1. The van der Waals surface area contributed by atoms with E-state index in [9.17, 15) is 4.79 Å². The van der Waals surface area contributed by atoms with Crippen molar-refractivity contribution in [2.45, 2.75) is 38.8 Å². The number of benzene rings is 2. The number of aryl methyl sites for hydroxylation is 1. The van der Waals surface area contributed by atoms with Gasteiger partial charge in [0.2, 0.25) is 0 Å². The Bertz CT molecular complexity index is 1000. The number of hydrogen-bond acceptors (Lipinski definition) is 4. The summed E-state index contributed by atoms with van der Waals surface area (Å²) >= 11 is 5.96. The van der Waals surface area contributed by atoms with Crippen LogP contribution < -0.4 is 15.0 Å². The molecule has 7 nitrogen and oxygen atoms in total. The number of amides is 2. The van der Waals surface area contributed by atoms with Gasteiger partial charge in [-0.15, -0.1) is 10.2 Å². The molecule has 2 heterocycles. The Morgan fingerprint density at radius 3 is 2.60 bits per heavy atom. The van der Waals surface area contributed by atoms with Crippen LogP contribution in [0.15, 0.2) is 48.5 Å². The second kappa shape index (κ2) is 9.17. The van der Waals surface area contributed by atoms with E-state index in [0.717, 1.165) is 48.9 Å². The van der Waals surface area contributed by atoms with E-state index < -0.39 is 0 Å². The summed E-state index contributed by atoms with van der Waals surface area (Å²) in [5.41, 5.74) is 1.41. The van der Waals surface area contributed by atoms with E-state index in [4.69, 9.17) is 16.3 Å². The SMILES string of the molecule is COc1ccc(N(Cc2nnc3n2CCCCC3)C(=O)Nc2ccc(Cl)cc2)cc1. The maximum absolute atomic E-state index is 13.2. The van der Waals surface area contributed by atoms with Crippen molar-refractivity contribution in [2.75, 3.05) is 17.3 Å². The van der Waals surface area contributed by atoms with Gasteiger partial charge in [-0.25, -0.2) is 4.79 Å². The van der Waals surface area contributed by atoms with Crippen LogP contribution in [-0.4, -0.2) is 27.9 Å². The zero-order chi connectivity index (χ0) is 20.9. The fourth-order valence-corrected chi connectivity index (χ4v) is 3.70. The standard InChI is InChI=1S/C22H24ClN5O2/c1-30-19-12-10-18(11-13-19)28(22(29)24-17-8-6-16(23)7-9-17)15-21-26-25-20-5-3-2-4-14-27(20)21/h6-13H,2-5,14-15H2,1H3,(H,24,29). The monoisotopic (exact) mass is 425 g/mol. The molecule has 0 saturated carbocycles. The predicted octanol–water partition coefficient (Wildman–Crippen LogP) is 4.91. The van der Waals surface area contributed by atoms with Crippen LogP contribution in [0.2, 0.25) is 5.02 Å². The van der Waals surface area contributed by atoms with Crippen LogP contribution in [0.1, 0.15) is 30.9 Å². The molecular weight excluding hydrogens is 402 g/mol. The number of rotatable bonds is 5. The number of anilines is 2. The number of ether oxygens (including phenoxy) is 1. The molecule has 1 aliphatic rings. The van der Waals surface area contributed by atoms with Gasteiger partial charge in [0.15, 0.2) is 5.82 Å².